The smallest absolute Gasteiger partial charge is 0.323 e. The number of carboxylic acids is 1. The van der Waals surface area contributed by atoms with Gasteiger partial charge in [0.25, 0.3) is 5.91 Å². The summed E-state index contributed by atoms with van der Waals surface area (Å²) in [7, 11) is 0. The van der Waals surface area contributed by atoms with E-state index < -0.39 is 5.97 Å². The lowest BCUT2D eigenvalue weighted by molar-refractivity contribution is -0.138. The second-order valence-electron chi connectivity index (χ2n) is 5.14. The van der Waals surface area contributed by atoms with Crippen molar-refractivity contribution in [2.24, 2.45) is 0 Å². The number of nitrogens with zero attached hydrogens (tertiary/aromatic N) is 1. The fraction of sp³-hybridized carbons (Fsp3) is 0.375. The van der Waals surface area contributed by atoms with Gasteiger partial charge in [-0.25, -0.2) is 0 Å². The summed E-state index contributed by atoms with van der Waals surface area (Å²) < 4.78 is 1.05. The number of aliphatic carboxylic acids is 1. The van der Waals surface area contributed by atoms with Crippen molar-refractivity contribution < 1.29 is 14.7 Å². The third kappa shape index (κ3) is 3.08. The fourth-order valence-corrected chi connectivity index (χ4v) is 3.47. The molecular formula is C16H19NO3S. The lowest BCUT2D eigenvalue weighted by Crippen LogP contribution is -2.41. The number of rotatable bonds is 5. The molecule has 112 valence electrons. The molecule has 2 aromatic rings. The van der Waals surface area contributed by atoms with Gasteiger partial charge >= 0.3 is 5.97 Å². The van der Waals surface area contributed by atoms with Crippen molar-refractivity contribution in [1.82, 2.24) is 4.90 Å². The molecule has 1 aromatic heterocycles. The van der Waals surface area contributed by atoms with Crippen LogP contribution >= 0.6 is 11.3 Å². The summed E-state index contributed by atoms with van der Waals surface area (Å²) in [6, 6.07) is 7.76. The van der Waals surface area contributed by atoms with Crippen LogP contribution in [0.15, 0.2) is 24.3 Å². The van der Waals surface area contributed by atoms with Gasteiger partial charge in [-0.15, -0.1) is 11.3 Å². The maximum atomic E-state index is 12.7. The molecule has 0 saturated carbocycles. The fourth-order valence-electron chi connectivity index (χ4n) is 2.30. The molecule has 1 amide bonds. The summed E-state index contributed by atoms with van der Waals surface area (Å²) in [5.74, 6) is -1.17. The first-order valence-corrected chi connectivity index (χ1v) is 7.78. The van der Waals surface area contributed by atoms with Gasteiger partial charge in [0.2, 0.25) is 0 Å². The Morgan fingerprint density at radius 3 is 2.57 bits per heavy atom. The quantitative estimate of drug-likeness (QED) is 0.919. The Morgan fingerprint density at radius 2 is 2.00 bits per heavy atom. The SMILES string of the molecule is CCC(C)N(CC(=O)O)C(=O)c1sc2ccccc2c1C. The molecule has 0 saturated heterocycles. The number of aryl methyl sites for hydroxylation is 1. The van der Waals surface area contributed by atoms with E-state index in [-0.39, 0.29) is 18.5 Å². The predicted octanol–water partition coefficient (Wildman–Crippen LogP) is 3.54. The standard InChI is InChI=1S/C16H19NO3S/c1-4-10(2)17(9-14(18)19)16(20)15-11(3)12-7-5-6-8-13(12)21-15/h5-8,10H,4,9H2,1-3H3,(H,18,19). The highest BCUT2D eigenvalue weighted by Crippen LogP contribution is 2.31. The Labute approximate surface area is 128 Å². The lowest BCUT2D eigenvalue weighted by Gasteiger charge is -2.26. The number of hydrogen-bond donors (Lipinski definition) is 1. The molecule has 0 aliphatic rings. The zero-order chi connectivity index (χ0) is 15.6. The van der Waals surface area contributed by atoms with E-state index in [2.05, 4.69) is 0 Å². The summed E-state index contributed by atoms with van der Waals surface area (Å²) >= 11 is 1.43. The van der Waals surface area contributed by atoms with Crippen molar-refractivity contribution in [1.29, 1.82) is 0 Å². The largest absolute Gasteiger partial charge is 0.480 e. The maximum Gasteiger partial charge on any atom is 0.323 e. The zero-order valence-corrected chi connectivity index (χ0v) is 13.2. The number of benzene rings is 1. The highest BCUT2D eigenvalue weighted by atomic mass is 32.1. The first-order valence-electron chi connectivity index (χ1n) is 6.96. The van der Waals surface area contributed by atoms with Crippen LogP contribution < -0.4 is 0 Å². The molecule has 21 heavy (non-hydrogen) atoms. The Hall–Kier alpha value is -1.88. The van der Waals surface area contributed by atoms with Crippen LogP contribution in [-0.2, 0) is 4.79 Å². The van der Waals surface area contributed by atoms with Gasteiger partial charge in [0, 0.05) is 10.7 Å². The predicted molar refractivity (Wildman–Crippen MR) is 85.0 cm³/mol. The first kappa shape index (κ1) is 15.5. The molecule has 1 unspecified atom stereocenters. The van der Waals surface area contributed by atoms with E-state index in [0.29, 0.717) is 4.88 Å². The second-order valence-corrected chi connectivity index (χ2v) is 6.19. The van der Waals surface area contributed by atoms with Gasteiger partial charge < -0.3 is 10.0 Å². The van der Waals surface area contributed by atoms with E-state index >= 15 is 0 Å². The molecule has 4 nitrogen and oxygen atoms in total. The van der Waals surface area contributed by atoms with Gasteiger partial charge in [0.1, 0.15) is 6.54 Å². The topological polar surface area (TPSA) is 57.6 Å². The zero-order valence-electron chi connectivity index (χ0n) is 12.4. The molecule has 1 heterocycles. The highest BCUT2D eigenvalue weighted by molar-refractivity contribution is 7.21. The summed E-state index contributed by atoms with van der Waals surface area (Å²) in [5, 5.41) is 10.1. The number of fused-ring (bicyclic) bond motifs is 1. The van der Waals surface area contributed by atoms with Crippen LogP contribution in [0.25, 0.3) is 10.1 Å². The van der Waals surface area contributed by atoms with Crippen LogP contribution in [0.1, 0.15) is 35.5 Å². The minimum atomic E-state index is -0.984. The number of thiophene rings is 1. The van der Waals surface area contributed by atoms with E-state index in [1.807, 2.05) is 45.0 Å². The molecule has 1 atom stereocenters. The van der Waals surface area contributed by atoms with E-state index in [9.17, 15) is 9.59 Å². The Kier molecular flexibility index (Phi) is 4.63. The van der Waals surface area contributed by atoms with Crippen LogP contribution in [0.2, 0.25) is 0 Å². The van der Waals surface area contributed by atoms with Gasteiger partial charge in [0.15, 0.2) is 0 Å². The Morgan fingerprint density at radius 1 is 1.33 bits per heavy atom. The molecule has 0 bridgehead atoms. The molecule has 0 fully saturated rings. The minimum absolute atomic E-state index is 0.0989. The first-order chi connectivity index (χ1) is 9.95. The van der Waals surface area contributed by atoms with Crippen LogP contribution in [0, 0.1) is 6.92 Å². The molecule has 0 radical (unpaired) electrons. The third-order valence-electron chi connectivity index (χ3n) is 3.73. The van der Waals surface area contributed by atoms with E-state index in [1.165, 1.54) is 16.2 Å². The van der Waals surface area contributed by atoms with Crippen LogP contribution in [0.4, 0.5) is 0 Å². The third-order valence-corrected chi connectivity index (χ3v) is 4.99. The molecular weight excluding hydrogens is 286 g/mol. The maximum absolute atomic E-state index is 12.7. The number of carboxylic acid groups (broad SMARTS) is 1. The number of carbonyl (C=O) groups excluding carboxylic acids is 1. The molecule has 0 aliphatic carbocycles. The number of carbonyl (C=O) groups is 2. The Bertz CT molecular complexity index is 677. The molecule has 0 aliphatic heterocycles. The minimum Gasteiger partial charge on any atom is -0.480 e. The monoisotopic (exact) mass is 305 g/mol. The van der Waals surface area contributed by atoms with Gasteiger partial charge in [-0.2, -0.15) is 0 Å². The summed E-state index contributed by atoms with van der Waals surface area (Å²) in [5.41, 5.74) is 0.930. The van der Waals surface area contributed by atoms with Gasteiger partial charge in [-0.3, -0.25) is 9.59 Å². The normalized spacial score (nSPS) is 12.3. The lowest BCUT2D eigenvalue weighted by atomic mass is 10.1. The van der Waals surface area contributed by atoms with Crippen molar-refractivity contribution in [3.8, 4) is 0 Å². The van der Waals surface area contributed by atoms with E-state index in [1.54, 1.807) is 0 Å². The van der Waals surface area contributed by atoms with Crippen molar-refractivity contribution in [2.75, 3.05) is 6.54 Å². The van der Waals surface area contributed by atoms with Gasteiger partial charge in [0.05, 0.1) is 4.88 Å². The summed E-state index contributed by atoms with van der Waals surface area (Å²) in [4.78, 5) is 25.9. The molecule has 1 N–H and O–H groups in total. The average molecular weight is 305 g/mol. The molecule has 1 aromatic carbocycles. The van der Waals surface area contributed by atoms with Gasteiger partial charge in [-0.1, -0.05) is 25.1 Å². The molecule has 0 spiro atoms. The van der Waals surface area contributed by atoms with Crippen molar-refractivity contribution in [2.45, 2.75) is 33.2 Å². The number of amides is 1. The van der Waals surface area contributed by atoms with E-state index in [0.717, 1.165) is 22.1 Å². The van der Waals surface area contributed by atoms with Crippen molar-refractivity contribution in [3.63, 3.8) is 0 Å². The molecule has 2 rings (SSSR count). The van der Waals surface area contributed by atoms with Crippen molar-refractivity contribution in [3.05, 3.63) is 34.7 Å². The molecule has 5 heteroatoms. The van der Waals surface area contributed by atoms with Crippen LogP contribution in [-0.4, -0.2) is 34.5 Å². The van der Waals surface area contributed by atoms with Crippen LogP contribution in [0.3, 0.4) is 0 Å². The van der Waals surface area contributed by atoms with E-state index in [4.69, 9.17) is 5.11 Å². The van der Waals surface area contributed by atoms with Crippen LogP contribution in [0.5, 0.6) is 0 Å². The Balaban J connectivity index is 2.43. The average Bonchev–Trinajstić information content (AvgIpc) is 2.81. The highest BCUT2D eigenvalue weighted by Gasteiger charge is 2.26. The number of hydrogen-bond acceptors (Lipinski definition) is 3. The van der Waals surface area contributed by atoms with Gasteiger partial charge in [-0.05, 0) is 37.3 Å². The summed E-state index contributed by atoms with van der Waals surface area (Å²) in [6.07, 6.45) is 0.725. The second kappa shape index (κ2) is 6.26. The summed E-state index contributed by atoms with van der Waals surface area (Å²) in [6.45, 7) is 5.48. The van der Waals surface area contributed by atoms with Crippen molar-refractivity contribution >= 4 is 33.3 Å².